The normalized spacial score (nSPS) is 11.2. The zero-order valence-electron chi connectivity index (χ0n) is 8.44. The van der Waals surface area contributed by atoms with Crippen LogP contribution >= 0.6 is 57.6 Å². The first-order chi connectivity index (χ1) is 8.24. The number of hydrogen-bond donors (Lipinski definition) is 0. The molecule has 0 saturated carbocycles. The summed E-state index contributed by atoms with van der Waals surface area (Å²) in [5.41, 5.74) is 0. The van der Waals surface area contributed by atoms with E-state index in [4.69, 9.17) is 23.2 Å². The molecule has 0 nitrogen and oxygen atoms in total. The van der Waals surface area contributed by atoms with Crippen molar-refractivity contribution in [3.05, 3.63) is 45.1 Å². The van der Waals surface area contributed by atoms with E-state index in [-0.39, 0.29) is 0 Å². The molecule has 0 aliphatic carbocycles. The number of fused-ring (bicyclic) bond motifs is 1. The van der Waals surface area contributed by atoms with Crippen LogP contribution in [-0.4, -0.2) is 0 Å². The molecule has 2 heterocycles. The molecule has 0 aliphatic rings. The van der Waals surface area contributed by atoms with E-state index in [0.717, 1.165) is 13.6 Å². The third kappa shape index (κ3) is 2.35. The lowest BCUT2D eigenvalue weighted by Gasteiger charge is -1.99. The zero-order chi connectivity index (χ0) is 11.8. The molecule has 0 radical (unpaired) electrons. The summed E-state index contributed by atoms with van der Waals surface area (Å²) in [5.74, 6) is 0. The molecule has 0 saturated heterocycles. The Morgan fingerprint density at radius 1 is 1.00 bits per heavy atom. The van der Waals surface area contributed by atoms with E-state index < -0.39 is 0 Å². The second-order valence-electron chi connectivity index (χ2n) is 3.36. The van der Waals surface area contributed by atoms with Crippen LogP contribution < -0.4 is 0 Å². The molecule has 0 fully saturated rings. The smallest absolute Gasteiger partial charge is 0.109 e. The van der Waals surface area contributed by atoms with Crippen molar-refractivity contribution < 1.29 is 0 Å². The molecule has 5 heteroatoms. The summed E-state index contributed by atoms with van der Waals surface area (Å²) >= 11 is 17.2. The van der Waals surface area contributed by atoms with E-state index in [9.17, 15) is 0 Å². The number of hydrogen-bond acceptors (Lipinski definition) is 3. The highest BCUT2D eigenvalue weighted by Crippen LogP contribution is 2.48. The molecule has 0 aliphatic heterocycles. The van der Waals surface area contributed by atoms with Gasteiger partial charge in [-0.25, -0.2) is 0 Å². The molecular formula is C12H6Cl2S3. The van der Waals surface area contributed by atoms with Crippen molar-refractivity contribution >= 4 is 67.0 Å². The van der Waals surface area contributed by atoms with Crippen LogP contribution in [-0.2, 0) is 0 Å². The maximum absolute atomic E-state index is 6.27. The Morgan fingerprint density at radius 2 is 1.76 bits per heavy atom. The monoisotopic (exact) mass is 316 g/mol. The van der Waals surface area contributed by atoms with Gasteiger partial charge in [-0.15, -0.1) is 22.7 Å². The summed E-state index contributed by atoms with van der Waals surface area (Å²) in [7, 11) is 0. The maximum atomic E-state index is 6.27. The molecule has 86 valence electrons. The van der Waals surface area contributed by atoms with Crippen molar-refractivity contribution in [2.75, 3.05) is 0 Å². The fraction of sp³-hybridized carbons (Fsp3) is 0. The van der Waals surface area contributed by atoms with Gasteiger partial charge >= 0.3 is 0 Å². The van der Waals surface area contributed by atoms with Gasteiger partial charge in [-0.3, -0.25) is 0 Å². The van der Waals surface area contributed by atoms with E-state index >= 15 is 0 Å². The van der Waals surface area contributed by atoms with Crippen LogP contribution in [0.3, 0.4) is 0 Å². The first kappa shape index (κ1) is 11.9. The van der Waals surface area contributed by atoms with Crippen LogP contribution in [0.25, 0.3) is 9.40 Å². The van der Waals surface area contributed by atoms with Crippen LogP contribution in [0.1, 0.15) is 0 Å². The van der Waals surface area contributed by atoms with Crippen LogP contribution in [0, 0.1) is 0 Å². The second-order valence-corrected chi connectivity index (χ2v) is 7.79. The molecule has 0 N–H and O–H groups in total. The highest BCUT2D eigenvalue weighted by Gasteiger charge is 2.14. The molecule has 0 amide bonds. The molecule has 0 unspecified atom stereocenters. The molecule has 0 atom stereocenters. The number of thiophene rings is 2. The van der Waals surface area contributed by atoms with Gasteiger partial charge in [0.15, 0.2) is 0 Å². The Bertz CT molecular complexity index is 655. The largest absolute Gasteiger partial charge is 0.121 e. The van der Waals surface area contributed by atoms with Gasteiger partial charge in [-0.2, -0.15) is 0 Å². The van der Waals surface area contributed by atoms with Crippen molar-refractivity contribution in [2.45, 2.75) is 9.79 Å². The quantitative estimate of drug-likeness (QED) is 0.525. The van der Waals surface area contributed by atoms with Crippen molar-refractivity contribution in [3.63, 3.8) is 0 Å². The lowest BCUT2D eigenvalue weighted by Crippen LogP contribution is -1.69. The molecule has 0 bridgehead atoms. The number of benzene rings is 1. The highest BCUT2D eigenvalue weighted by molar-refractivity contribution is 8.00. The fourth-order valence-electron chi connectivity index (χ4n) is 1.50. The molecule has 2 aromatic heterocycles. The van der Waals surface area contributed by atoms with Crippen LogP contribution in [0.15, 0.2) is 46.2 Å². The molecule has 17 heavy (non-hydrogen) atoms. The SMILES string of the molecule is Clc1cc2sc(Cl)c(Sc3ccccc3)c2s1. The summed E-state index contributed by atoms with van der Waals surface area (Å²) in [6.07, 6.45) is 0. The van der Waals surface area contributed by atoms with Crippen LogP contribution in [0.2, 0.25) is 8.67 Å². The summed E-state index contributed by atoms with van der Waals surface area (Å²) in [4.78, 5) is 2.31. The van der Waals surface area contributed by atoms with Gasteiger partial charge in [0.1, 0.15) is 4.34 Å². The third-order valence-corrected chi connectivity index (χ3v) is 6.46. The van der Waals surface area contributed by atoms with Gasteiger partial charge in [0.2, 0.25) is 0 Å². The van der Waals surface area contributed by atoms with Crippen molar-refractivity contribution in [1.82, 2.24) is 0 Å². The van der Waals surface area contributed by atoms with E-state index in [0.29, 0.717) is 0 Å². The second kappa shape index (κ2) is 4.82. The van der Waals surface area contributed by atoms with Crippen molar-refractivity contribution in [1.29, 1.82) is 0 Å². The Morgan fingerprint density at radius 3 is 2.53 bits per heavy atom. The van der Waals surface area contributed by atoms with Gasteiger partial charge in [-0.05, 0) is 18.2 Å². The average molecular weight is 317 g/mol. The molecule has 1 aromatic carbocycles. The van der Waals surface area contributed by atoms with Gasteiger partial charge < -0.3 is 0 Å². The van der Waals surface area contributed by atoms with E-state index in [1.807, 2.05) is 24.3 Å². The predicted molar refractivity (Wildman–Crippen MR) is 80.3 cm³/mol. The summed E-state index contributed by atoms with van der Waals surface area (Å²) in [6, 6.07) is 12.2. The lowest BCUT2D eigenvalue weighted by atomic mass is 10.4. The van der Waals surface area contributed by atoms with Gasteiger partial charge in [0, 0.05) is 9.60 Å². The highest BCUT2D eigenvalue weighted by atomic mass is 35.5. The van der Waals surface area contributed by atoms with Crippen LogP contribution in [0.5, 0.6) is 0 Å². The first-order valence-corrected chi connectivity index (χ1v) is 8.05. The minimum Gasteiger partial charge on any atom is -0.121 e. The number of rotatable bonds is 2. The minimum absolute atomic E-state index is 0.817. The van der Waals surface area contributed by atoms with E-state index in [1.54, 1.807) is 34.4 Å². The average Bonchev–Trinajstić information content (AvgIpc) is 2.79. The fourth-order valence-corrected chi connectivity index (χ4v) is 5.68. The van der Waals surface area contributed by atoms with E-state index in [2.05, 4.69) is 12.1 Å². The molecular weight excluding hydrogens is 311 g/mol. The zero-order valence-corrected chi connectivity index (χ0v) is 12.4. The minimum atomic E-state index is 0.817. The van der Waals surface area contributed by atoms with Crippen molar-refractivity contribution in [3.8, 4) is 0 Å². The van der Waals surface area contributed by atoms with Gasteiger partial charge in [0.25, 0.3) is 0 Å². The summed E-state index contributed by atoms with van der Waals surface area (Å²) < 4.78 is 4.02. The van der Waals surface area contributed by atoms with Crippen LogP contribution in [0.4, 0.5) is 0 Å². The molecule has 3 aromatic rings. The first-order valence-electron chi connectivity index (χ1n) is 4.84. The standard InChI is InChI=1S/C12H6Cl2S3/c13-9-6-8-10(17-9)11(12(14)16-8)15-7-4-2-1-3-5-7/h1-6H. The topological polar surface area (TPSA) is 0 Å². The Labute approximate surface area is 121 Å². The molecule has 0 spiro atoms. The Balaban J connectivity index is 2.07. The third-order valence-electron chi connectivity index (χ3n) is 2.22. The molecule has 3 rings (SSSR count). The Kier molecular flexibility index (Phi) is 3.37. The van der Waals surface area contributed by atoms with Crippen molar-refractivity contribution in [2.24, 2.45) is 0 Å². The number of halogens is 2. The lowest BCUT2D eigenvalue weighted by molar-refractivity contribution is 1.45. The summed E-state index contributed by atoms with van der Waals surface area (Å²) in [6.45, 7) is 0. The maximum Gasteiger partial charge on any atom is 0.109 e. The summed E-state index contributed by atoms with van der Waals surface area (Å²) in [5, 5.41) is 0. The predicted octanol–water partition coefficient (Wildman–Crippen LogP) is 6.42. The van der Waals surface area contributed by atoms with Gasteiger partial charge in [-0.1, -0.05) is 53.2 Å². The Hall–Kier alpha value is -0.190. The van der Waals surface area contributed by atoms with Gasteiger partial charge in [0.05, 0.1) is 13.9 Å². The van der Waals surface area contributed by atoms with E-state index in [1.165, 1.54) is 14.3 Å².